The van der Waals surface area contributed by atoms with Gasteiger partial charge in [0.15, 0.2) is 0 Å². The lowest BCUT2D eigenvalue weighted by Crippen LogP contribution is -2.20. The number of anilines is 1. The standard InChI is InChI=1S/C14H14N5O2P/c15-13-17-14(16-11-7-3-1-4-8-11)19-22(20,18-13)21-12-9-5-2-6-10-12/h1-10,20H,(H3,15,16,17,19). The lowest BCUT2D eigenvalue weighted by atomic mass is 10.3. The zero-order valence-corrected chi connectivity index (χ0v) is 12.4. The van der Waals surface area contributed by atoms with Crippen molar-refractivity contribution < 1.29 is 9.42 Å². The van der Waals surface area contributed by atoms with Crippen LogP contribution in [0, 0.1) is 0 Å². The van der Waals surface area contributed by atoms with Gasteiger partial charge in [-0.1, -0.05) is 36.4 Å². The first-order chi connectivity index (χ1) is 10.6. The Balaban J connectivity index is 1.87. The molecule has 0 saturated heterocycles. The van der Waals surface area contributed by atoms with E-state index in [1.807, 2.05) is 36.4 Å². The third-order valence-corrected chi connectivity index (χ3v) is 4.05. The highest BCUT2D eigenvalue weighted by Crippen LogP contribution is 2.49. The van der Waals surface area contributed by atoms with Crippen molar-refractivity contribution in [3.63, 3.8) is 0 Å². The topological polar surface area (TPSA) is 105 Å². The van der Waals surface area contributed by atoms with E-state index in [4.69, 9.17) is 10.3 Å². The summed E-state index contributed by atoms with van der Waals surface area (Å²) < 4.78 is 13.4. The lowest BCUT2D eigenvalue weighted by Gasteiger charge is -2.18. The Morgan fingerprint density at radius 2 is 1.64 bits per heavy atom. The maximum Gasteiger partial charge on any atom is 0.398 e. The van der Waals surface area contributed by atoms with E-state index in [9.17, 15) is 4.89 Å². The monoisotopic (exact) mass is 315 g/mol. The highest BCUT2D eigenvalue weighted by Gasteiger charge is 2.24. The van der Waals surface area contributed by atoms with Gasteiger partial charge in [0.1, 0.15) is 5.75 Å². The Kier molecular flexibility index (Phi) is 3.91. The number of hydrogen-bond donors (Lipinski definition) is 3. The molecule has 8 heteroatoms. The molecule has 1 heterocycles. The quantitative estimate of drug-likeness (QED) is 0.757. The summed E-state index contributed by atoms with van der Waals surface area (Å²) in [7, 11) is -3.44. The minimum Gasteiger partial charge on any atom is -0.422 e. The van der Waals surface area contributed by atoms with Gasteiger partial charge in [-0.3, -0.25) is 0 Å². The molecule has 22 heavy (non-hydrogen) atoms. The molecule has 2 aromatic rings. The van der Waals surface area contributed by atoms with E-state index >= 15 is 0 Å². The average molecular weight is 315 g/mol. The molecule has 1 unspecified atom stereocenters. The van der Waals surface area contributed by atoms with Gasteiger partial charge in [0, 0.05) is 5.69 Å². The molecular formula is C14H14N5O2P. The van der Waals surface area contributed by atoms with Gasteiger partial charge in [-0.25, -0.2) is 0 Å². The molecule has 0 radical (unpaired) electrons. The predicted octanol–water partition coefficient (Wildman–Crippen LogP) is 2.80. The van der Waals surface area contributed by atoms with E-state index in [0.29, 0.717) is 5.75 Å². The van der Waals surface area contributed by atoms with Crippen LogP contribution in [-0.4, -0.2) is 16.8 Å². The van der Waals surface area contributed by atoms with Crippen LogP contribution in [-0.2, 0) is 0 Å². The molecule has 3 rings (SSSR count). The fourth-order valence-electron chi connectivity index (χ4n) is 1.80. The van der Waals surface area contributed by atoms with Crippen molar-refractivity contribution in [2.24, 2.45) is 20.2 Å². The molecule has 7 nitrogen and oxygen atoms in total. The first-order valence-electron chi connectivity index (χ1n) is 6.49. The largest absolute Gasteiger partial charge is 0.422 e. The Morgan fingerprint density at radius 1 is 1.00 bits per heavy atom. The molecule has 1 aliphatic rings. The molecule has 1 aliphatic heterocycles. The molecule has 0 amide bonds. The normalized spacial score (nSPS) is 20.4. The SMILES string of the molecule is NC1=NC(Nc2ccccc2)=NP(O)(Oc2ccccc2)=N1. The number of rotatable bonds is 3. The second-order valence-corrected chi connectivity index (χ2v) is 6.01. The third-order valence-electron chi connectivity index (χ3n) is 2.68. The molecule has 1 atom stereocenters. The molecule has 0 saturated carbocycles. The van der Waals surface area contributed by atoms with E-state index in [1.54, 1.807) is 24.3 Å². The Bertz CT molecular complexity index is 774. The molecule has 0 fully saturated rings. The van der Waals surface area contributed by atoms with Crippen LogP contribution >= 0.6 is 7.66 Å². The second kappa shape index (κ2) is 6.01. The Hall–Kier alpha value is -2.63. The van der Waals surface area contributed by atoms with Gasteiger partial charge >= 0.3 is 7.66 Å². The molecule has 0 aliphatic carbocycles. The zero-order valence-electron chi connectivity index (χ0n) is 11.5. The number of aliphatic imine (C=N–C) groups is 1. The van der Waals surface area contributed by atoms with Gasteiger partial charge in [0.25, 0.3) is 0 Å². The van der Waals surface area contributed by atoms with Gasteiger partial charge in [-0.05, 0) is 24.3 Å². The third kappa shape index (κ3) is 3.52. The van der Waals surface area contributed by atoms with E-state index in [2.05, 4.69) is 19.8 Å². The summed E-state index contributed by atoms with van der Waals surface area (Å²) in [4.78, 5) is 14.4. The van der Waals surface area contributed by atoms with Crippen LogP contribution in [0.15, 0.2) is 75.2 Å². The van der Waals surface area contributed by atoms with Crippen molar-refractivity contribution in [2.45, 2.75) is 0 Å². The van der Waals surface area contributed by atoms with Gasteiger partial charge in [-0.15, -0.1) is 9.51 Å². The minimum atomic E-state index is -3.44. The van der Waals surface area contributed by atoms with Crippen molar-refractivity contribution in [1.82, 2.24) is 0 Å². The van der Waals surface area contributed by atoms with Crippen molar-refractivity contribution in [1.29, 1.82) is 0 Å². The van der Waals surface area contributed by atoms with Gasteiger partial charge in [-0.2, -0.15) is 4.99 Å². The highest BCUT2D eigenvalue weighted by molar-refractivity contribution is 7.55. The van der Waals surface area contributed by atoms with Crippen LogP contribution < -0.4 is 15.6 Å². The fourth-order valence-corrected chi connectivity index (χ4v) is 2.98. The van der Waals surface area contributed by atoms with Crippen LogP contribution in [0.3, 0.4) is 0 Å². The van der Waals surface area contributed by atoms with E-state index in [1.165, 1.54) is 0 Å². The maximum atomic E-state index is 10.5. The van der Waals surface area contributed by atoms with Gasteiger partial charge < -0.3 is 20.5 Å². The maximum absolute atomic E-state index is 10.5. The zero-order chi connectivity index (χ0) is 15.4. The average Bonchev–Trinajstić information content (AvgIpc) is 2.47. The van der Waals surface area contributed by atoms with Crippen molar-refractivity contribution in [2.75, 3.05) is 5.32 Å². The first kappa shape index (κ1) is 14.3. The highest BCUT2D eigenvalue weighted by atomic mass is 31.2. The summed E-state index contributed by atoms with van der Waals surface area (Å²) in [6.07, 6.45) is 0. The van der Waals surface area contributed by atoms with Crippen LogP contribution in [0.5, 0.6) is 5.75 Å². The predicted molar refractivity (Wildman–Crippen MR) is 87.8 cm³/mol. The van der Waals surface area contributed by atoms with Crippen LogP contribution in [0.25, 0.3) is 0 Å². The van der Waals surface area contributed by atoms with E-state index in [0.717, 1.165) is 5.69 Å². The summed E-state index contributed by atoms with van der Waals surface area (Å²) in [5, 5.41) is 2.96. The summed E-state index contributed by atoms with van der Waals surface area (Å²) in [5.74, 6) is 0.533. The molecule has 0 bridgehead atoms. The summed E-state index contributed by atoms with van der Waals surface area (Å²) >= 11 is 0. The number of hydrogen-bond acceptors (Lipinski definition) is 6. The van der Waals surface area contributed by atoms with Crippen molar-refractivity contribution in [3.8, 4) is 5.75 Å². The van der Waals surface area contributed by atoms with Gasteiger partial charge in [0.2, 0.25) is 11.9 Å². The molecule has 0 spiro atoms. The molecular weight excluding hydrogens is 301 g/mol. The molecule has 2 aromatic carbocycles. The summed E-state index contributed by atoms with van der Waals surface area (Å²) in [5.41, 5.74) is 6.43. The first-order valence-corrected chi connectivity index (χ1v) is 8.06. The number of nitrogens with two attached hydrogens (primary N) is 1. The van der Waals surface area contributed by atoms with Crippen LogP contribution in [0.4, 0.5) is 5.69 Å². The van der Waals surface area contributed by atoms with Crippen molar-refractivity contribution in [3.05, 3.63) is 60.7 Å². The molecule has 112 valence electrons. The fraction of sp³-hybridized carbons (Fsp3) is 0. The van der Waals surface area contributed by atoms with Crippen LogP contribution in [0.2, 0.25) is 0 Å². The van der Waals surface area contributed by atoms with Crippen LogP contribution in [0.1, 0.15) is 0 Å². The second-order valence-electron chi connectivity index (χ2n) is 4.40. The van der Waals surface area contributed by atoms with Crippen molar-refractivity contribution >= 4 is 25.3 Å². The smallest absolute Gasteiger partial charge is 0.398 e. The number of benzene rings is 2. The number of nitrogens with zero attached hydrogens (tertiary/aromatic N) is 3. The Labute approximate surface area is 127 Å². The lowest BCUT2D eigenvalue weighted by molar-refractivity contribution is 0.472. The number of para-hydroxylation sites is 2. The van der Waals surface area contributed by atoms with E-state index in [-0.39, 0.29) is 11.9 Å². The molecule has 4 N–H and O–H groups in total. The number of nitrogens with one attached hydrogen (secondary N) is 1. The van der Waals surface area contributed by atoms with Gasteiger partial charge in [0.05, 0.1) is 0 Å². The Morgan fingerprint density at radius 3 is 2.32 bits per heavy atom. The number of guanidine groups is 2. The molecule has 0 aromatic heterocycles. The summed E-state index contributed by atoms with van der Waals surface area (Å²) in [6, 6.07) is 18.1. The van der Waals surface area contributed by atoms with E-state index < -0.39 is 7.66 Å². The minimum absolute atomic E-state index is 0.0832. The summed E-state index contributed by atoms with van der Waals surface area (Å²) in [6.45, 7) is 0.